The van der Waals surface area contributed by atoms with E-state index in [0.717, 1.165) is 31.9 Å². The van der Waals surface area contributed by atoms with Crippen molar-refractivity contribution in [2.75, 3.05) is 18.0 Å². The molecule has 1 unspecified atom stereocenters. The predicted molar refractivity (Wildman–Crippen MR) is 87.5 cm³/mol. The molecule has 2 heterocycles. The van der Waals surface area contributed by atoms with Crippen LogP contribution in [0.4, 0.5) is 5.82 Å². The third kappa shape index (κ3) is 2.93. The first kappa shape index (κ1) is 14.1. The molecule has 0 spiro atoms. The van der Waals surface area contributed by atoms with E-state index in [1.165, 1.54) is 16.7 Å². The van der Waals surface area contributed by atoms with Crippen LogP contribution in [0.25, 0.3) is 0 Å². The van der Waals surface area contributed by atoms with Gasteiger partial charge >= 0.3 is 0 Å². The van der Waals surface area contributed by atoms with Crippen LogP contribution in [-0.4, -0.2) is 18.1 Å². The van der Waals surface area contributed by atoms with Gasteiger partial charge in [-0.3, -0.25) is 0 Å². The van der Waals surface area contributed by atoms with E-state index in [1.807, 2.05) is 12.3 Å². The summed E-state index contributed by atoms with van der Waals surface area (Å²) in [5, 5.41) is 3.49. The SMILES string of the molecule is CCNC(C)c1cccnc1N1CCc2ccccc2C1. The first-order chi connectivity index (χ1) is 10.3. The van der Waals surface area contributed by atoms with Crippen LogP contribution >= 0.6 is 0 Å². The van der Waals surface area contributed by atoms with Crippen molar-refractivity contribution in [1.82, 2.24) is 10.3 Å². The first-order valence-electron chi connectivity index (χ1n) is 7.79. The summed E-state index contributed by atoms with van der Waals surface area (Å²) in [6.45, 7) is 7.32. The van der Waals surface area contributed by atoms with Crippen LogP contribution in [-0.2, 0) is 13.0 Å². The number of fused-ring (bicyclic) bond motifs is 1. The second-order valence-electron chi connectivity index (χ2n) is 5.64. The summed E-state index contributed by atoms with van der Waals surface area (Å²) in [6, 6.07) is 13.3. The lowest BCUT2D eigenvalue weighted by Gasteiger charge is -2.32. The molecule has 0 radical (unpaired) electrons. The Balaban J connectivity index is 1.88. The highest BCUT2D eigenvalue weighted by atomic mass is 15.2. The number of nitrogens with one attached hydrogen (secondary N) is 1. The summed E-state index contributed by atoms with van der Waals surface area (Å²) < 4.78 is 0. The van der Waals surface area contributed by atoms with Crippen molar-refractivity contribution in [1.29, 1.82) is 0 Å². The van der Waals surface area contributed by atoms with Crippen LogP contribution in [0, 0.1) is 0 Å². The predicted octanol–water partition coefficient (Wildman–Crippen LogP) is 3.31. The molecule has 0 saturated carbocycles. The van der Waals surface area contributed by atoms with Gasteiger partial charge < -0.3 is 10.2 Å². The average Bonchev–Trinajstić information content (AvgIpc) is 2.54. The first-order valence-corrected chi connectivity index (χ1v) is 7.79. The number of rotatable bonds is 4. The minimum atomic E-state index is 0.330. The van der Waals surface area contributed by atoms with Gasteiger partial charge in [0.15, 0.2) is 0 Å². The maximum Gasteiger partial charge on any atom is 0.133 e. The van der Waals surface area contributed by atoms with E-state index in [9.17, 15) is 0 Å². The van der Waals surface area contributed by atoms with Gasteiger partial charge in [0.1, 0.15) is 5.82 Å². The molecular weight excluding hydrogens is 258 g/mol. The molecule has 1 aliphatic rings. The number of hydrogen-bond donors (Lipinski definition) is 1. The fourth-order valence-electron chi connectivity index (χ4n) is 3.10. The fraction of sp³-hybridized carbons (Fsp3) is 0.389. The number of nitrogens with zero attached hydrogens (tertiary/aromatic N) is 2. The molecule has 3 heteroatoms. The number of hydrogen-bond acceptors (Lipinski definition) is 3. The van der Waals surface area contributed by atoms with E-state index >= 15 is 0 Å². The molecule has 1 aromatic heterocycles. The maximum absolute atomic E-state index is 4.66. The van der Waals surface area contributed by atoms with E-state index in [4.69, 9.17) is 0 Å². The lowest BCUT2D eigenvalue weighted by molar-refractivity contribution is 0.590. The van der Waals surface area contributed by atoms with Gasteiger partial charge in [0.05, 0.1) is 0 Å². The van der Waals surface area contributed by atoms with Crippen LogP contribution in [0.1, 0.15) is 36.6 Å². The van der Waals surface area contributed by atoms with Crippen molar-refractivity contribution in [3.63, 3.8) is 0 Å². The largest absolute Gasteiger partial charge is 0.352 e. The molecule has 1 aliphatic heterocycles. The van der Waals surface area contributed by atoms with Crippen LogP contribution in [0.3, 0.4) is 0 Å². The molecule has 1 N–H and O–H groups in total. The van der Waals surface area contributed by atoms with E-state index in [-0.39, 0.29) is 0 Å². The summed E-state index contributed by atoms with van der Waals surface area (Å²) in [6.07, 6.45) is 3.00. The zero-order chi connectivity index (χ0) is 14.7. The average molecular weight is 281 g/mol. The highest BCUT2D eigenvalue weighted by Gasteiger charge is 2.20. The highest BCUT2D eigenvalue weighted by molar-refractivity contribution is 5.51. The number of pyridine rings is 1. The Hall–Kier alpha value is -1.87. The second-order valence-corrected chi connectivity index (χ2v) is 5.64. The normalized spacial score (nSPS) is 15.6. The van der Waals surface area contributed by atoms with Crippen molar-refractivity contribution < 1.29 is 0 Å². The molecule has 0 fully saturated rings. The Morgan fingerprint density at radius 2 is 2.00 bits per heavy atom. The quantitative estimate of drug-likeness (QED) is 0.932. The zero-order valence-corrected chi connectivity index (χ0v) is 12.8. The Morgan fingerprint density at radius 3 is 2.81 bits per heavy atom. The molecular formula is C18H23N3. The Bertz CT molecular complexity index is 609. The van der Waals surface area contributed by atoms with Gasteiger partial charge in [0, 0.05) is 30.9 Å². The molecule has 0 saturated heterocycles. The second kappa shape index (κ2) is 6.27. The molecule has 110 valence electrons. The Morgan fingerprint density at radius 1 is 1.19 bits per heavy atom. The summed E-state index contributed by atoms with van der Waals surface area (Å²) >= 11 is 0. The van der Waals surface area contributed by atoms with Gasteiger partial charge in [0.25, 0.3) is 0 Å². The number of anilines is 1. The molecule has 2 aromatic rings. The van der Waals surface area contributed by atoms with Crippen molar-refractivity contribution >= 4 is 5.82 Å². The highest BCUT2D eigenvalue weighted by Crippen LogP contribution is 2.28. The molecule has 0 aliphatic carbocycles. The van der Waals surface area contributed by atoms with E-state index in [0.29, 0.717) is 6.04 Å². The monoisotopic (exact) mass is 281 g/mol. The van der Waals surface area contributed by atoms with Gasteiger partial charge in [-0.05, 0) is 37.1 Å². The number of benzene rings is 1. The van der Waals surface area contributed by atoms with Crippen LogP contribution in [0.15, 0.2) is 42.6 Å². The summed E-state index contributed by atoms with van der Waals surface area (Å²) in [4.78, 5) is 7.07. The summed E-state index contributed by atoms with van der Waals surface area (Å²) in [5.74, 6) is 1.13. The smallest absolute Gasteiger partial charge is 0.133 e. The third-order valence-electron chi connectivity index (χ3n) is 4.22. The van der Waals surface area contributed by atoms with E-state index in [1.54, 1.807) is 0 Å². The van der Waals surface area contributed by atoms with E-state index < -0.39 is 0 Å². The molecule has 0 amide bonds. The van der Waals surface area contributed by atoms with Gasteiger partial charge in [0.2, 0.25) is 0 Å². The molecule has 1 atom stereocenters. The Kier molecular flexibility index (Phi) is 4.20. The van der Waals surface area contributed by atoms with Crippen molar-refractivity contribution in [3.8, 4) is 0 Å². The lowest BCUT2D eigenvalue weighted by Crippen LogP contribution is -2.33. The fourth-order valence-corrected chi connectivity index (χ4v) is 3.10. The van der Waals surface area contributed by atoms with Crippen molar-refractivity contribution in [2.24, 2.45) is 0 Å². The van der Waals surface area contributed by atoms with Gasteiger partial charge in [-0.1, -0.05) is 37.3 Å². The van der Waals surface area contributed by atoms with Crippen molar-refractivity contribution in [2.45, 2.75) is 32.9 Å². The van der Waals surface area contributed by atoms with Crippen LogP contribution < -0.4 is 10.2 Å². The van der Waals surface area contributed by atoms with E-state index in [2.05, 4.69) is 59.4 Å². The maximum atomic E-state index is 4.66. The lowest BCUT2D eigenvalue weighted by atomic mass is 9.99. The molecule has 3 nitrogen and oxygen atoms in total. The summed E-state index contributed by atoms with van der Waals surface area (Å²) in [7, 11) is 0. The standard InChI is InChI=1S/C18H23N3/c1-3-19-14(2)17-9-6-11-20-18(17)21-12-10-15-7-4-5-8-16(15)13-21/h4-9,11,14,19H,3,10,12-13H2,1-2H3. The minimum Gasteiger partial charge on any atom is -0.352 e. The number of aromatic nitrogens is 1. The minimum absolute atomic E-state index is 0.330. The molecule has 0 bridgehead atoms. The summed E-state index contributed by atoms with van der Waals surface area (Å²) in [5.41, 5.74) is 4.20. The van der Waals surface area contributed by atoms with Crippen molar-refractivity contribution in [3.05, 3.63) is 59.3 Å². The van der Waals surface area contributed by atoms with Crippen LogP contribution in [0.5, 0.6) is 0 Å². The molecule has 3 rings (SSSR count). The van der Waals surface area contributed by atoms with Gasteiger partial charge in [-0.25, -0.2) is 4.98 Å². The van der Waals surface area contributed by atoms with Gasteiger partial charge in [-0.15, -0.1) is 0 Å². The molecule has 21 heavy (non-hydrogen) atoms. The zero-order valence-electron chi connectivity index (χ0n) is 12.8. The van der Waals surface area contributed by atoms with Gasteiger partial charge in [-0.2, -0.15) is 0 Å². The topological polar surface area (TPSA) is 28.2 Å². The van der Waals surface area contributed by atoms with Crippen LogP contribution in [0.2, 0.25) is 0 Å². The Labute approximate surface area is 127 Å². The third-order valence-corrected chi connectivity index (χ3v) is 4.22. The molecule has 1 aromatic carbocycles.